The molecule has 3 aromatic heterocycles. The van der Waals surface area contributed by atoms with Gasteiger partial charge >= 0.3 is 6.08 Å². The molecular formula is C24H25FN6O2S. The molecule has 2 aliphatic heterocycles. The Labute approximate surface area is 200 Å². The summed E-state index contributed by atoms with van der Waals surface area (Å²) in [5.41, 5.74) is 9.06. The number of rotatable bonds is 6. The minimum absolute atomic E-state index is 0.0635. The molecule has 2 aliphatic rings. The predicted molar refractivity (Wildman–Crippen MR) is 129 cm³/mol. The van der Waals surface area contributed by atoms with Gasteiger partial charge in [0.25, 0.3) is 0 Å². The maximum Gasteiger partial charge on any atom is 0.312 e. The number of benzene rings is 1. The van der Waals surface area contributed by atoms with Crippen molar-refractivity contribution in [1.82, 2.24) is 24.8 Å². The quantitative estimate of drug-likeness (QED) is 0.403. The average molecular weight is 481 g/mol. The molecule has 1 saturated heterocycles. The largest absolute Gasteiger partial charge is 0.454 e. The van der Waals surface area contributed by atoms with Crippen LogP contribution in [0.4, 0.5) is 10.2 Å². The summed E-state index contributed by atoms with van der Waals surface area (Å²) in [6.07, 6.45) is 2.94. The van der Waals surface area contributed by atoms with Crippen LogP contribution in [0.15, 0.2) is 29.6 Å². The van der Waals surface area contributed by atoms with E-state index in [1.165, 1.54) is 0 Å². The zero-order valence-corrected chi connectivity index (χ0v) is 19.4. The standard InChI is InChI=1S/C24H25FN6O2S/c25-24-29-22(26)21-23(30-24)31(8-5-14-3-6-27-7-4-14)20(28-21)11-15-10-17-18(33-13-32-17)12-16(15)19-2-1-9-34-19/h1-2,9-10,12,14,27H,3-8,11,13H2,(H2,26,29,30). The third-order valence-electron chi connectivity index (χ3n) is 6.63. The number of piperidine rings is 1. The number of imidazole rings is 1. The topological polar surface area (TPSA) is 100 Å². The Balaban J connectivity index is 1.42. The van der Waals surface area contributed by atoms with Crippen molar-refractivity contribution in [2.24, 2.45) is 5.92 Å². The molecule has 0 radical (unpaired) electrons. The average Bonchev–Trinajstić information content (AvgIpc) is 3.58. The van der Waals surface area contributed by atoms with E-state index in [1.54, 1.807) is 11.3 Å². The van der Waals surface area contributed by atoms with Crippen molar-refractivity contribution in [3.8, 4) is 21.9 Å². The molecule has 0 bridgehead atoms. The summed E-state index contributed by atoms with van der Waals surface area (Å²) in [5.74, 6) is 2.92. The molecule has 10 heteroatoms. The van der Waals surface area contributed by atoms with Gasteiger partial charge < -0.3 is 25.1 Å². The molecule has 3 N–H and O–H groups in total. The van der Waals surface area contributed by atoms with Gasteiger partial charge in [0, 0.05) is 17.8 Å². The number of aryl methyl sites for hydroxylation is 1. The highest BCUT2D eigenvalue weighted by Crippen LogP contribution is 2.41. The zero-order chi connectivity index (χ0) is 23.1. The third-order valence-corrected chi connectivity index (χ3v) is 7.53. The van der Waals surface area contributed by atoms with Gasteiger partial charge in [0.15, 0.2) is 28.5 Å². The van der Waals surface area contributed by atoms with Crippen molar-refractivity contribution < 1.29 is 13.9 Å². The number of halogens is 1. The lowest BCUT2D eigenvalue weighted by Gasteiger charge is -2.23. The minimum Gasteiger partial charge on any atom is -0.454 e. The fraction of sp³-hybridized carbons (Fsp3) is 0.375. The Morgan fingerprint density at radius 2 is 1.97 bits per heavy atom. The zero-order valence-electron chi connectivity index (χ0n) is 18.6. The molecule has 0 saturated carbocycles. The summed E-state index contributed by atoms with van der Waals surface area (Å²) in [7, 11) is 0. The number of hydrogen-bond acceptors (Lipinski definition) is 8. The van der Waals surface area contributed by atoms with Crippen LogP contribution in [-0.4, -0.2) is 39.4 Å². The maximum absolute atomic E-state index is 14.1. The van der Waals surface area contributed by atoms with Crippen LogP contribution in [0, 0.1) is 12.0 Å². The van der Waals surface area contributed by atoms with Gasteiger partial charge in [0.05, 0.1) is 0 Å². The van der Waals surface area contributed by atoms with E-state index >= 15 is 0 Å². The van der Waals surface area contributed by atoms with Crippen LogP contribution in [0.25, 0.3) is 21.6 Å². The van der Waals surface area contributed by atoms with Gasteiger partial charge in [-0.3, -0.25) is 0 Å². The number of ether oxygens (including phenoxy) is 2. The highest BCUT2D eigenvalue weighted by Gasteiger charge is 2.23. The number of nitrogen functional groups attached to an aromatic ring is 1. The molecule has 0 aliphatic carbocycles. The monoisotopic (exact) mass is 480 g/mol. The first-order chi connectivity index (χ1) is 16.7. The van der Waals surface area contributed by atoms with Crippen LogP contribution in [0.1, 0.15) is 30.7 Å². The molecular weight excluding hydrogens is 455 g/mol. The van der Waals surface area contributed by atoms with Gasteiger partial charge in [-0.2, -0.15) is 14.4 Å². The van der Waals surface area contributed by atoms with Crippen LogP contribution in [-0.2, 0) is 13.0 Å². The Hall–Kier alpha value is -3.24. The van der Waals surface area contributed by atoms with Crippen LogP contribution < -0.4 is 20.5 Å². The number of fused-ring (bicyclic) bond motifs is 2. The lowest BCUT2D eigenvalue weighted by molar-refractivity contribution is 0.174. The first kappa shape index (κ1) is 21.3. The Morgan fingerprint density at radius 1 is 1.15 bits per heavy atom. The Kier molecular flexibility index (Phi) is 5.54. The second-order valence-corrected chi connectivity index (χ2v) is 9.68. The normalized spacial score (nSPS) is 15.9. The lowest BCUT2D eigenvalue weighted by atomic mass is 9.94. The van der Waals surface area contributed by atoms with Gasteiger partial charge in [0.1, 0.15) is 5.82 Å². The SMILES string of the molecule is Nc1nc(F)nc2c1nc(Cc1cc3c(cc1-c1cccs1)OCO3)n2CCC1CCNCC1. The second kappa shape index (κ2) is 8.84. The summed E-state index contributed by atoms with van der Waals surface area (Å²) >= 11 is 1.67. The van der Waals surface area contributed by atoms with Crippen LogP contribution in [0.5, 0.6) is 11.5 Å². The highest BCUT2D eigenvalue weighted by molar-refractivity contribution is 7.13. The number of aromatic nitrogens is 4. The summed E-state index contributed by atoms with van der Waals surface area (Å²) in [6.45, 7) is 2.98. The van der Waals surface area contributed by atoms with Crippen LogP contribution in [0.2, 0.25) is 0 Å². The summed E-state index contributed by atoms with van der Waals surface area (Å²) in [6, 6.07) is 8.16. The van der Waals surface area contributed by atoms with Crippen molar-refractivity contribution >= 4 is 28.3 Å². The second-order valence-electron chi connectivity index (χ2n) is 8.73. The third kappa shape index (κ3) is 3.97. The Morgan fingerprint density at radius 3 is 2.76 bits per heavy atom. The molecule has 0 unspecified atom stereocenters. The van der Waals surface area contributed by atoms with Gasteiger partial charge in [-0.05, 0) is 73.0 Å². The van der Waals surface area contributed by atoms with Crippen molar-refractivity contribution in [3.63, 3.8) is 0 Å². The van der Waals surface area contributed by atoms with Crippen molar-refractivity contribution in [2.45, 2.75) is 32.2 Å². The number of nitrogens with one attached hydrogen (secondary N) is 1. The molecule has 0 amide bonds. The minimum atomic E-state index is -0.832. The van der Waals surface area contributed by atoms with Crippen LogP contribution in [0.3, 0.4) is 0 Å². The molecule has 8 nitrogen and oxygen atoms in total. The van der Waals surface area contributed by atoms with Crippen molar-refractivity contribution in [1.29, 1.82) is 0 Å². The Bertz CT molecular complexity index is 1330. The number of thiophene rings is 1. The fourth-order valence-corrected chi connectivity index (χ4v) is 5.63. The van der Waals surface area contributed by atoms with Crippen LogP contribution >= 0.6 is 11.3 Å². The molecule has 34 heavy (non-hydrogen) atoms. The van der Waals surface area contributed by atoms with E-state index in [0.717, 1.165) is 65.7 Å². The van der Waals surface area contributed by atoms with E-state index < -0.39 is 6.08 Å². The number of anilines is 1. The van der Waals surface area contributed by atoms with E-state index in [2.05, 4.69) is 26.7 Å². The van der Waals surface area contributed by atoms with E-state index in [9.17, 15) is 4.39 Å². The molecule has 0 atom stereocenters. The molecule has 5 heterocycles. The number of hydrogen-bond donors (Lipinski definition) is 2. The lowest BCUT2D eigenvalue weighted by Crippen LogP contribution is -2.28. The maximum atomic E-state index is 14.1. The predicted octanol–water partition coefficient (Wildman–Crippen LogP) is 3.99. The van der Waals surface area contributed by atoms with Gasteiger partial charge in [0.2, 0.25) is 6.79 Å². The van der Waals surface area contributed by atoms with E-state index in [4.69, 9.17) is 20.2 Å². The van der Waals surface area contributed by atoms with Gasteiger partial charge in [-0.25, -0.2) is 4.98 Å². The first-order valence-corrected chi connectivity index (χ1v) is 12.4. The van der Waals surface area contributed by atoms with Crippen molar-refractivity contribution in [2.75, 3.05) is 25.6 Å². The molecule has 176 valence electrons. The molecule has 1 fully saturated rings. The van der Waals surface area contributed by atoms with E-state index in [0.29, 0.717) is 30.0 Å². The molecule has 4 aromatic rings. The number of nitrogens with two attached hydrogens (primary N) is 1. The van der Waals surface area contributed by atoms with Gasteiger partial charge in [-0.1, -0.05) is 6.07 Å². The summed E-state index contributed by atoms with van der Waals surface area (Å²) < 4.78 is 27.4. The number of nitrogens with zero attached hydrogens (tertiary/aromatic N) is 4. The molecule has 6 rings (SSSR count). The van der Waals surface area contributed by atoms with Gasteiger partial charge in [-0.15, -0.1) is 11.3 Å². The molecule has 0 spiro atoms. The highest BCUT2D eigenvalue weighted by atomic mass is 32.1. The van der Waals surface area contributed by atoms with E-state index in [-0.39, 0.29) is 12.6 Å². The summed E-state index contributed by atoms with van der Waals surface area (Å²) in [4.78, 5) is 13.7. The summed E-state index contributed by atoms with van der Waals surface area (Å²) in [5, 5.41) is 5.46. The molecule has 1 aromatic carbocycles. The van der Waals surface area contributed by atoms with E-state index in [1.807, 2.05) is 22.8 Å². The fourth-order valence-electron chi connectivity index (χ4n) is 4.85. The smallest absolute Gasteiger partial charge is 0.312 e. The first-order valence-electron chi connectivity index (χ1n) is 11.5. The van der Waals surface area contributed by atoms with Crippen molar-refractivity contribution in [3.05, 3.63) is 47.1 Å².